The number of ether oxygens (including phenoxy) is 2. The van der Waals surface area contributed by atoms with Crippen LogP contribution in [0.25, 0.3) is 0 Å². The van der Waals surface area contributed by atoms with Crippen molar-refractivity contribution in [3.63, 3.8) is 0 Å². The molecule has 0 radical (unpaired) electrons. The number of hydrogen-bond acceptors (Lipinski definition) is 6. The SMILES string of the molecule is CC(C)(C)c1cc(NC(=O)CN2CCN(c3ccc4c(c3)OCCO4)C2=O)on1. The summed E-state index contributed by atoms with van der Waals surface area (Å²) in [5.41, 5.74) is 1.28. The number of rotatable bonds is 4. The van der Waals surface area contributed by atoms with Gasteiger partial charge in [0.15, 0.2) is 11.5 Å². The highest BCUT2D eigenvalue weighted by atomic mass is 16.6. The molecule has 3 heterocycles. The van der Waals surface area contributed by atoms with E-state index >= 15 is 0 Å². The average molecular weight is 400 g/mol. The Hall–Kier alpha value is -3.23. The third kappa shape index (κ3) is 3.98. The molecule has 1 N–H and O–H groups in total. The molecule has 29 heavy (non-hydrogen) atoms. The second kappa shape index (κ2) is 7.31. The zero-order valence-electron chi connectivity index (χ0n) is 16.7. The maximum absolute atomic E-state index is 12.8. The van der Waals surface area contributed by atoms with Gasteiger partial charge in [-0.15, -0.1) is 0 Å². The molecule has 0 unspecified atom stereocenters. The molecule has 0 saturated carbocycles. The summed E-state index contributed by atoms with van der Waals surface area (Å²) in [6.07, 6.45) is 0. The van der Waals surface area contributed by atoms with Gasteiger partial charge in [0.25, 0.3) is 0 Å². The summed E-state index contributed by atoms with van der Waals surface area (Å²) >= 11 is 0. The van der Waals surface area contributed by atoms with Gasteiger partial charge in [-0.05, 0) is 12.1 Å². The van der Waals surface area contributed by atoms with Crippen LogP contribution in [0.2, 0.25) is 0 Å². The van der Waals surface area contributed by atoms with E-state index in [0.29, 0.717) is 43.5 Å². The van der Waals surface area contributed by atoms with Crippen LogP contribution >= 0.6 is 0 Å². The van der Waals surface area contributed by atoms with Crippen molar-refractivity contribution >= 4 is 23.5 Å². The number of nitrogens with one attached hydrogen (secondary N) is 1. The van der Waals surface area contributed by atoms with Gasteiger partial charge in [0, 0.05) is 36.3 Å². The van der Waals surface area contributed by atoms with Crippen molar-refractivity contribution in [2.24, 2.45) is 0 Å². The molecule has 0 spiro atoms. The lowest BCUT2D eigenvalue weighted by atomic mass is 9.92. The number of hydrogen-bond donors (Lipinski definition) is 1. The summed E-state index contributed by atoms with van der Waals surface area (Å²) in [6, 6.07) is 6.87. The van der Waals surface area contributed by atoms with Gasteiger partial charge < -0.3 is 18.9 Å². The van der Waals surface area contributed by atoms with Crippen LogP contribution in [0.5, 0.6) is 11.5 Å². The van der Waals surface area contributed by atoms with Gasteiger partial charge in [0.1, 0.15) is 19.8 Å². The van der Waals surface area contributed by atoms with Gasteiger partial charge in [-0.3, -0.25) is 15.0 Å². The summed E-state index contributed by atoms with van der Waals surface area (Å²) in [7, 11) is 0. The van der Waals surface area contributed by atoms with Gasteiger partial charge in [-0.2, -0.15) is 0 Å². The maximum atomic E-state index is 12.8. The number of fused-ring (bicyclic) bond motifs is 1. The Morgan fingerprint density at radius 1 is 1.14 bits per heavy atom. The van der Waals surface area contributed by atoms with Gasteiger partial charge >= 0.3 is 6.03 Å². The van der Waals surface area contributed by atoms with Crippen molar-refractivity contribution in [3.8, 4) is 11.5 Å². The first-order valence-corrected chi connectivity index (χ1v) is 9.54. The fourth-order valence-electron chi connectivity index (χ4n) is 3.21. The van der Waals surface area contributed by atoms with Crippen molar-refractivity contribution in [1.29, 1.82) is 0 Å². The predicted molar refractivity (Wildman–Crippen MR) is 106 cm³/mol. The minimum atomic E-state index is -0.334. The summed E-state index contributed by atoms with van der Waals surface area (Å²) in [6.45, 7) is 7.89. The highest BCUT2D eigenvalue weighted by Gasteiger charge is 2.32. The molecule has 154 valence electrons. The molecular weight excluding hydrogens is 376 g/mol. The van der Waals surface area contributed by atoms with Crippen molar-refractivity contribution in [1.82, 2.24) is 10.1 Å². The van der Waals surface area contributed by atoms with Crippen LogP contribution in [0.4, 0.5) is 16.4 Å². The molecule has 2 aliphatic rings. The standard InChI is InChI=1S/C20H24N4O5/c1-20(2,3)16-11-18(29-22-16)21-17(25)12-23-6-7-24(19(23)26)13-4-5-14-15(10-13)28-9-8-27-14/h4-5,10-11H,6-9,12H2,1-3H3,(H,21,25). The minimum absolute atomic E-state index is 0.0641. The molecule has 1 fully saturated rings. The molecule has 9 heteroatoms. The number of amides is 3. The molecular formula is C20H24N4O5. The van der Waals surface area contributed by atoms with E-state index in [1.807, 2.05) is 26.8 Å². The first-order valence-electron chi connectivity index (χ1n) is 9.54. The van der Waals surface area contributed by atoms with Gasteiger partial charge in [0.2, 0.25) is 11.8 Å². The van der Waals surface area contributed by atoms with Gasteiger partial charge in [-0.25, -0.2) is 4.79 Å². The summed E-state index contributed by atoms with van der Waals surface area (Å²) in [5, 5.41) is 6.63. The van der Waals surface area contributed by atoms with Gasteiger partial charge in [0.05, 0.1) is 5.69 Å². The molecule has 0 atom stereocenters. The van der Waals surface area contributed by atoms with Crippen LogP contribution in [0, 0.1) is 0 Å². The number of urea groups is 1. The van der Waals surface area contributed by atoms with Gasteiger partial charge in [-0.1, -0.05) is 25.9 Å². The molecule has 4 rings (SSSR count). The molecule has 0 aliphatic carbocycles. The molecule has 2 aliphatic heterocycles. The lowest BCUT2D eigenvalue weighted by Crippen LogP contribution is -2.37. The van der Waals surface area contributed by atoms with Crippen LogP contribution in [-0.4, -0.2) is 54.8 Å². The Morgan fingerprint density at radius 2 is 1.90 bits per heavy atom. The van der Waals surface area contributed by atoms with Crippen LogP contribution in [0.1, 0.15) is 26.5 Å². The van der Waals surface area contributed by atoms with Crippen LogP contribution in [0.15, 0.2) is 28.8 Å². The fraction of sp³-hybridized carbons (Fsp3) is 0.450. The van der Waals surface area contributed by atoms with Crippen LogP contribution in [-0.2, 0) is 10.2 Å². The summed E-state index contributed by atoms with van der Waals surface area (Å²) in [4.78, 5) is 28.2. The van der Waals surface area contributed by atoms with Crippen molar-refractivity contribution in [2.45, 2.75) is 26.2 Å². The Morgan fingerprint density at radius 3 is 2.62 bits per heavy atom. The third-order valence-electron chi connectivity index (χ3n) is 4.81. The lowest BCUT2D eigenvalue weighted by molar-refractivity contribution is -0.116. The maximum Gasteiger partial charge on any atom is 0.325 e. The van der Waals surface area contributed by atoms with E-state index < -0.39 is 0 Å². The third-order valence-corrected chi connectivity index (χ3v) is 4.81. The molecule has 1 aromatic carbocycles. The number of anilines is 2. The number of carbonyl (C=O) groups is 2. The Labute approximate surface area is 168 Å². The Balaban J connectivity index is 1.38. The average Bonchev–Trinajstić information content (AvgIpc) is 3.29. The molecule has 0 bridgehead atoms. The van der Waals surface area contributed by atoms with Crippen molar-refractivity contribution < 1.29 is 23.6 Å². The zero-order chi connectivity index (χ0) is 20.6. The first kappa shape index (κ1) is 19.1. The van der Waals surface area contributed by atoms with E-state index in [0.717, 1.165) is 5.69 Å². The van der Waals surface area contributed by atoms with E-state index in [2.05, 4.69) is 10.5 Å². The highest BCUT2D eigenvalue weighted by molar-refractivity contribution is 5.99. The molecule has 3 amide bonds. The Kier molecular flexibility index (Phi) is 4.81. The highest BCUT2D eigenvalue weighted by Crippen LogP contribution is 2.35. The predicted octanol–water partition coefficient (Wildman–Crippen LogP) is 2.62. The number of carbonyl (C=O) groups excluding carboxylic acids is 2. The second-order valence-corrected chi connectivity index (χ2v) is 8.06. The Bertz CT molecular complexity index is 933. The van der Waals surface area contributed by atoms with E-state index in [4.69, 9.17) is 14.0 Å². The van der Waals surface area contributed by atoms with E-state index in [9.17, 15) is 9.59 Å². The number of aromatic nitrogens is 1. The molecule has 1 saturated heterocycles. The quantitative estimate of drug-likeness (QED) is 0.847. The van der Waals surface area contributed by atoms with Crippen molar-refractivity contribution in [3.05, 3.63) is 30.0 Å². The van der Waals surface area contributed by atoms with E-state index in [1.165, 1.54) is 4.90 Å². The normalized spacial score (nSPS) is 16.3. The zero-order valence-corrected chi connectivity index (χ0v) is 16.7. The number of benzene rings is 1. The lowest BCUT2D eigenvalue weighted by Gasteiger charge is -2.22. The monoisotopic (exact) mass is 400 g/mol. The fourth-order valence-corrected chi connectivity index (χ4v) is 3.21. The summed E-state index contributed by atoms with van der Waals surface area (Å²) in [5.74, 6) is 1.23. The largest absolute Gasteiger partial charge is 0.486 e. The first-order chi connectivity index (χ1) is 13.8. The molecule has 2 aromatic rings. The number of nitrogens with zero attached hydrogens (tertiary/aromatic N) is 3. The topological polar surface area (TPSA) is 97.1 Å². The smallest absolute Gasteiger partial charge is 0.325 e. The van der Waals surface area contributed by atoms with Crippen LogP contribution in [0.3, 0.4) is 0 Å². The molecule has 9 nitrogen and oxygen atoms in total. The second-order valence-electron chi connectivity index (χ2n) is 8.06. The summed E-state index contributed by atoms with van der Waals surface area (Å²) < 4.78 is 16.3. The molecule has 1 aromatic heterocycles. The van der Waals surface area contributed by atoms with E-state index in [1.54, 1.807) is 23.1 Å². The van der Waals surface area contributed by atoms with Crippen molar-refractivity contribution in [2.75, 3.05) is 43.1 Å². The van der Waals surface area contributed by atoms with E-state index in [-0.39, 0.29) is 29.8 Å². The van der Waals surface area contributed by atoms with Crippen LogP contribution < -0.4 is 19.7 Å². The minimum Gasteiger partial charge on any atom is -0.486 e.